The van der Waals surface area contributed by atoms with Gasteiger partial charge in [0, 0.05) is 3.57 Å². The maximum absolute atomic E-state index is 10.8. The minimum atomic E-state index is -1.17. The van der Waals surface area contributed by atoms with Crippen LogP contribution in [0, 0.1) is 3.57 Å². The van der Waals surface area contributed by atoms with Gasteiger partial charge in [0.15, 0.2) is 0 Å². The van der Waals surface area contributed by atoms with Crippen LogP contribution in [-0.4, -0.2) is 11.1 Å². The summed E-state index contributed by atoms with van der Waals surface area (Å²) >= 11 is 1.95. The molecule has 0 saturated heterocycles. The number of carboxylic acids is 1. The van der Waals surface area contributed by atoms with E-state index in [-0.39, 0.29) is 54.0 Å². The Morgan fingerprint density at radius 2 is 2.00 bits per heavy atom. The molecule has 0 aliphatic carbocycles. The predicted octanol–water partition coefficient (Wildman–Crippen LogP) is -4.93. The van der Waals surface area contributed by atoms with Crippen LogP contribution in [0.15, 0.2) is 18.2 Å². The summed E-state index contributed by atoms with van der Waals surface area (Å²) in [5.41, 5.74) is -0.170. The van der Waals surface area contributed by atoms with E-state index in [4.69, 9.17) is 5.11 Å². The van der Waals surface area contributed by atoms with Crippen LogP contribution in [0.5, 0.6) is 5.75 Å². The van der Waals surface area contributed by atoms with Crippen molar-refractivity contribution in [2.45, 2.75) is 0 Å². The summed E-state index contributed by atoms with van der Waals surface area (Å²) in [6.45, 7) is 0. The maximum atomic E-state index is 10.8. The quantitative estimate of drug-likeness (QED) is 0.417. The molecular formula is C7H4ILiNaO3+. The number of aromatic carboxylic acids is 1. The Labute approximate surface area is 124 Å². The zero-order valence-corrected chi connectivity index (χ0v) is 11.5. The molecule has 1 N–H and O–H groups in total. The first-order chi connectivity index (χ1) is 5.11. The zero-order chi connectivity index (χ0) is 8.43. The molecule has 1 rings (SSSR count). The standard InChI is InChI=1S/C7H5IO3.Li.Na/c8-4-1-2-6(9)5(3-4)7(10)11;;/h1-3,9H,(H,10,11);;/q;2*+1/p-1. The number of halogens is 1. The van der Waals surface area contributed by atoms with Crippen LogP contribution in [0.3, 0.4) is 0 Å². The van der Waals surface area contributed by atoms with Crippen LogP contribution in [0.4, 0.5) is 0 Å². The van der Waals surface area contributed by atoms with Gasteiger partial charge >= 0.3 is 54.4 Å². The number of hydrogen-bond donors (Lipinski definition) is 1. The summed E-state index contributed by atoms with van der Waals surface area (Å²) in [4.78, 5) is 10.4. The molecule has 1 aromatic carbocycles. The topological polar surface area (TPSA) is 60.4 Å². The van der Waals surface area contributed by atoms with Crippen molar-refractivity contribution in [1.29, 1.82) is 0 Å². The van der Waals surface area contributed by atoms with Gasteiger partial charge in [0.25, 0.3) is 0 Å². The normalized spacial score (nSPS) is 8.08. The predicted molar refractivity (Wildman–Crippen MR) is 45.6 cm³/mol. The molecular weight excluding hydrogens is 289 g/mol. The first-order valence-electron chi connectivity index (χ1n) is 2.81. The molecule has 0 aromatic heterocycles. The van der Waals surface area contributed by atoms with Gasteiger partial charge in [-0.25, -0.2) is 4.79 Å². The zero-order valence-electron chi connectivity index (χ0n) is 7.37. The summed E-state index contributed by atoms with van der Waals surface area (Å²) in [6.07, 6.45) is 0. The summed E-state index contributed by atoms with van der Waals surface area (Å²) in [7, 11) is 0. The summed E-state index contributed by atoms with van der Waals surface area (Å²) < 4.78 is 0.750. The molecule has 0 spiro atoms. The summed E-state index contributed by atoms with van der Waals surface area (Å²) in [5.74, 6) is -1.62. The van der Waals surface area contributed by atoms with E-state index in [1.807, 2.05) is 22.6 Å². The number of carbonyl (C=O) groups is 1. The molecule has 0 fully saturated rings. The Balaban J connectivity index is 0. The van der Waals surface area contributed by atoms with Gasteiger partial charge in [-0.1, -0.05) is 11.8 Å². The molecule has 1 aromatic rings. The fourth-order valence-corrected chi connectivity index (χ4v) is 1.16. The van der Waals surface area contributed by atoms with E-state index < -0.39 is 11.7 Å². The van der Waals surface area contributed by atoms with Gasteiger partial charge in [0.05, 0.1) is 5.56 Å². The van der Waals surface area contributed by atoms with Crippen LogP contribution >= 0.6 is 22.6 Å². The van der Waals surface area contributed by atoms with Crippen LogP contribution in [0.2, 0.25) is 0 Å². The average molecular weight is 293 g/mol. The Morgan fingerprint density at radius 1 is 1.46 bits per heavy atom. The second-order valence-corrected chi connectivity index (χ2v) is 3.19. The number of carboxylic acid groups (broad SMARTS) is 1. The Kier molecular flexibility index (Phi) is 8.95. The number of benzene rings is 1. The van der Waals surface area contributed by atoms with Gasteiger partial charge in [0.1, 0.15) is 0 Å². The SMILES string of the molecule is O=C(O)c1cc(I)ccc1[O-].[Li+].[Na+]. The van der Waals surface area contributed by atoms with E-state index in [0.29, 0.717) is 0 Å². The molecule has 58 valence electrons. The minimum absolute atomic E-state index is 0. The van der Waals surface area contributed by atoms with Crippen molar-refractivity contribution in [1.82, 2.24) is 0 Å². The van der Waals surface area contributed by atoms with Gasteiger partial charge in [-0.15, -0.1) is 0 Å². The third-order valence-electron chi connectivity index (χ3n) is 1.17. The van der Waals surface area contributed by atoms with Gasteiger partial charge in [-0.3, -0.25) is 0 Å². The molecule has 0 saturated carbocycles. The van der Waals surface area contributed by atoms with Crippen molar-refractivity contribution >= 4 is 28.6 Å². The molecule has 0 atom stereocenters. The molecule has 0 heterocycles. The van der Waals surface area contributed by atoms with Gasteiger partial charge in [0.2, 0.25) is 0 Å². The van der Waals surface area contributed by atoms with E-state index in [0.717, 1.165) is 3.57 Å². The van der Waals surface area contributed by atoms with E-state index in [1.165, 1.54) is 12.1 Å². The molecule has 0 amide bonds. The molecule has 0 bridgehead atoms. The van der Waals surface area contributed by atoms with E-state index >= 15 is 0 Å². The third kappa shape index (κ3) is 4.72. The van der Waals surface area contributed by atoms with Crippen LogP contribution in [0.25, 0.3) is 0 Å². The first kappa shape index (κ1) is 16.3. The Morgan fingerprint density at radius 3 is 2.38 bits per heavy atom. The third-order valence-corrected chi connectivity index (χ3v) is 1.84. The maximum Gasteiger partial charge on any atom is 1.00 e. The van der Waals surface area contributed by atoms with Crippen molar-refractivity contribution in [3.63, 3.8) is 0 Å². The van der Waals surface area contributed by atoms with Crippen molar-refractivity contribution in [2.75, 3.05) is 0 Å². The number of hydrogen-bond acceptors (Lipinski definition) is 2. The minimum Gasteiger partial charge on any atom is -0.872 e. The van der Waals surface area contributed by atoms with E-state index in [2.05, 4.69) is 0 Å². The van der Waals surface area contributed by atoms with Crippen LogP contribution < -0.4 is 53.5 Å². The average Bonchev–Trinajstić information content (AvgIpc) is 1.94. The monoisotopic (exact) mass is 293 g/mol. The number of rotatable bonds is 1. The van der Waals surface area contributed by atoms with E-state index in [1.54, 1.807) is 6.07 Å². The van der Waals surface area contributed by atoms with Crippen molar-refractivity contribution < 1.29 is 63.4 Å². The molecule has 0 radical (unpaired) electrons. The van der Waals surface area contributed by atoms with Gasteiger partial charge in [-0.2, -0.15) is 0 Å². The smallest absolute Gasteiger partial charge is 0.872 e. The molecule has 3 nitrogen and oxygen atoms in total. The van der Waals surface area contributed by atoms with Crippen molar-refractivity contribution in [2.24, 2.45) is 0 Å². The molecule has 0 aliphatic heterocycles. The van der Waals surface area contributed by atoms with Gasteiger partial charge < -0.3 is 10.2 Å². The molecule has 0 unspecified atom stereocenters. The van der Waals surface area contributed by atoms with E-state index in [9.17, 15) is 9.90 Å². The largest absolute Gasteiger partial charge is 1.00 e. The van der Waals surface area contributed by atoms with Gasteiger partial charge in [-0.05, 0) is 34.7 Å². The Hall–Kier alpha value is 0.817. The molecule has 13 heavy (non-hydrogen) atoms. The first-order valence-corrected chi connectivity index (χ1v) is 3.89. The van der Waals surface area contributed by atoms with Crippen LogP contribution in [0.1, 0.15) is 10.4 Å². The fraction of sp³-hybridized carbons (Fsp3) is 0. The Bertz CT molecular complexity index is 306. The van der Waals surface area contributed by atoms with Crippen molar-refractivity contribution in [3.05, 3.63) is 27.3 Å². The molecule has 0 aliphatic rings. The second-order valence-electron chi connectivity index (χ2n) is 1.95. The second kappa shape index (κ2) is 7.15. The van der Waals surface area contributed by atoms with Crippen LogP contribution in [-0.2, 0) is 0 Å². The summed E-state index contributed by atoms with van der Waals surface area (Å²) in [5, 5.41) is 19.3. The van der Waals surface area contributed by atoms with Crippen molar-refractivity contribution in [3.8, 4) is 5.75 Å². The summed E-state index contributed by atoms with van der Waals surface area (Å²) in [6, 6.07) is 4.19. The molecule has 6 heteroatoms. The fourth-order valence-electron chi connectivity index (χ4n) is 0.669.